The fraction of sp³-hybridized carbons (Fsp3) is 0.571. The van der Waals surface area contributed by atoms with Crippen molar-refractivity contribution in [3.63, 3.8) is 0 Å². The molecule has 0 radical (unpaired) electrons. The van der Waals surface area contributed by atoms with Gasteiger partial charge in [-0.3, -0.25) is 4.90 Å². The number of hydrogen-bond donors (Lipinski definition) is 1. The number of likely N-dealkylation sites (tertiary alicyclic amines) is 1. The highest BCUT2D eigenvalue weighted by molar-refractivity contribution is 5.25. The first-order valence-electron chi connectivity index (χ1n) is 6.29. The lowest BCUT2D eigenvalue weighted by Crippen LogP contribution is -2.28. The summed E-state index contributed by atoms with van der Waals surface area (Å²) in [6.07, 6.45) is 3.61. The fourth-order valence-corrected chi connectivity index (χ4v) is 2.46. The molecule has 0 unspecified atom stereocenters. The SMILES string of the molecule is CCc1ccc([C@H](CO)N2CCCC2)cc1. The van der Waals surface area contributed by atoms with Gasteiger partial charge < -0.3 is 5.11 Å². The van der Waals surface area contributed by atoms with Crippen LogP contribution in [0.5, 0.6) is 0 Å². The molecule has 0 aliphatic carbocycles. The van der Waals surface area contributed by atoms with E-state index in [9.17, 15) is 5.11 Å². The van der Waals surface area contributed by atoms with E-state index in [-0.39, 0.29) is 12.6 Å². The maximum atomic E-state index is 9.52. The van der Waals surface area contributed by atoms with E-state index < -0.39 is 0 Å². The van der Waals surface area contributed by atoms with Crippen LogP contribution in [0.1, 0.15) is 36.9 Å². The first-order valence-corrected chi connectivity index (χ1v) is 6.29. The molecule has 88 valence electrons. The van der Waals surface area contributed by atoms with Crippen molar-refractivity contribution in [1.82, 2.24) is 4.90 Å². The Bertz CT molecular complexity index is 314. The normalized spacial score (nSPS) is 18.9. The highest BCUT2D eigenvalue weighted by atomic mass is 16.3. The summed E-state index contributed by atoms with van der Waals surface area (Å²) in [6.45, 7) is 4.64. The van der Waals surface area contributed by atoms with E-state index in [0.717, 1.165) is 19.5 Å². The molecule has 2 rings (SSSR count). The number of benzene rings is 1. The van der Waals surface area contributed by atoms with Gasteiger partial charge in [-0.25, -0.2) is 0 Å². The van der Waals surface area contributed by atoms with Crippen LogP contribution in [0.25, 0.3) is 0 Å². The van der Waals surface area contributed by atoms with Crippen molar-refractivity contribution in [2.45, 2.75) is 32.2 Å². The number of nitrogens with zero attached hydrogens (tertiary/aromatic N) is 1. The van der Waals surface area contributed by atoms with E-state index in [4.69, 9.17) is 0 Å². The smallest absolute Gasteiger partial charge is 0.0628 e. The van der Waals surface area contributed by atoms with E-state index in [1.807, 2.05) is 0 Å². The molecule has 0 amide bonds. The first kappa shape index (κ1) is 11.6. The molecule has 0 bridgehead atoms. The molecule has 1 aliphatic rings. The summed E-state index contributed by atoms with van der Waals surface area (Å²) in [6, 6.07) is 8.88. The van der Waals surface area contributed by atoms with Crippen molar-refractivity contribution in [1.29, 1.82) is 0 Å². The topological polar surface area (TPSA) is 23.5 Å². The second-order valence-corrected chi connectivity index (χ2v) is 4.54. The van der Waals surface area contributed by atoms with E-state index in [2.05, 4.69) is 36.1 Å². The molecule has 0 aromatic heterocycles. The third kappa shape index (κ3) is 2.45. The Labute approximate surface area is 97.9 Å². The van der Waals surface area contributed by atoms with E-state index in [0.29, 0.717) is 0 Å². The van der Waals surface area contributed by atoms with Gasteiger partial charge in [0, 0.05) is 0 Å². The van der Waals surface area contributed by atoms with Gasteiger partial charge in [-0.1, -0.05) is 31.2 Å². The molecule has 0 saturated carbocycles. The second kappa shape index (κ2) is 5.46. The first-order chi connectivity index (χ1) is 7.85. The van der Waals surface area contributed by atoms with Crippen LogP contribution in [-0.4, -0.2) is 29.7 Å². The summed E-state index contributed by atoms with van der Waals surface area (Å²) in [4.78, 5) is 2.39. The average Bonchev–Trinajstić information content (AvgIpc) is 2.85. The molecule has 1 aliphatic heterocycles. The summed E-state index contributed by atoms with van der Waals surface area (Å²) < 4.78 is 0. The van der Waals surface area contributed by atoms with Gasteiger partial charge in [-0.05, 0) is 43.5 Å². The van der Waals surface area contributed by atoms with Gasteiger partial charge >= 0.3 is 0 Å². The number of rotatable bonds is 4. The van der Waals surface area contributed by atoms with Crippen LogP contribution < -0.4 is 0 Å². The van der Waals surface area contributed by atoms with Gasteiger partial charge in [0.15, 0.2) is 0 Å². The van der Waals surface area contributed by atoms with Crippen LogP contribution in [0.2, 0.25) is 0 Å². The molecule has 1 N–H and O–H groups in total. The van der Waals surface area contributed by atoms with E-state index >= 15 is 0 Å². The minimum Gasteiger partial charge on any atom is -0.394 e. The Kier molecular flexibility index (Phi) is 3.97. The van der Waals surface area contributed by atoms with Crippen LogP contribution in [0.4, 0.5) is 0 Å². The Hall–Kier alpha value is -0.860. The minimum absolute atomic E-state index is 0.202. The average molecular weight is 219 g/mol. The lowest BCUT2D eigenvalue weighted by Gasteiger charge is -2.26. The lowest BCUT2D eigenvalue weighted by atomic mass is 10.0. The predicted molar refractivity (Wildman–Crippen MR) is 66.5 cm³/mol. The Morgan fingerprint density at radius 1 is 1.19 bits per heavy atom. The van der Waals surface area contributed by atoms with Gasteiger partial charge in [0.1, 0.15) is 0 Å². The van der Waals surface area contributed by atoms with Crippen LogP contribution in [-0.2, 0) is 6.42 Å². The molecule has 2 nitrogen and oxygen atoms in total. The zero-order valence-corrected chi connectivity index (χ0v) is 10.0. The van der Waals surface area contributed by atoms with Crippen LogP contribution >= 0.6 is 0 Å². The van der Waals surface area contributed by atoms with Crippen molar-refractivity contribution < 1.29 is 5.11 Å². The summed E-state index contributed by atoms with van der Waals surface area (Å²) in [5.74, 6) is 0. The zero-order valence-electron chi connectivity index (χ0n) is 10.0. The molecule has 1 aromatic carbocycles. The third-order valence-electron chi connectivity index (χ3n) is 3.53. The fourth-order valence-electron chi connectivity index (χ4n) is 2.46. The maximum absolute atomic E-state index is 9.52. The van der Waals surface area contributed by atoms with Crippen molar-refractivity contribution in [3.8, 4) is 0 Å². The molecule has 1 fully saturated rings. The van der Waals surface area contributed by atoms with Gasteiger partial charge in [-0.15, -0.1) is 0 Å². The van der Waals surface area contributed by atoms with Crippen LogP contribution in [0.3, 0.4) is 0 Å². The van der Waals surface area contributed by atoms with Crippen molar-refractivity contribution >= 4 is 0 Å². The summed E-state index contributed by atoms with van der Waals surface area (Å²) in [7, 11) is 0. The lowest BCUT2D eigenvalue weighted by molar-refractivity contribution is 0.147. The summed E-state index contributed by atoms with van der Waals surface area (Å²) >= 11 is 0. The Balaban J connectivity index is 2.12. The molecule has 1 heterocycles. The minimum atomic E-state index is 0.202. The molecule has 1 aromatic rings. The molecule has 2 heteroatoms. The van der Waals surface area contributed by atoms with Gasteiger partial charge in [0.25, 0.3) is 0 Å². The van der Waals surface area contributed by atoms with E-state index in [1.165, 1.54) is 24.0 Å². The number of aliphatic hydroxyl groups excluding tert-OH is 1. The molecule has 1 atom stereocenters. The Morgan fingerprint density at radius 2 is 1.81 bits per heavy atom. The molecule has 1 saturated heterocycles. The van der Waals surface area contributed by atoms with Crippen LogP contribution in [0.15, 0.2) is 24.3 Å². The standard InChI is InChI=1S/C14H21NO/c1-2-12-5-7-13(8-6-12)14(11-16)15-9-3-4-10-15/h5-8,14,16H,2-4,9-11H2,1H3/t14-/m0/s1. The highest BCUT2D eigenvalue weighted by Gasteiger charge is 2.22. The highest BCUT2D eigenvalue weighted by Crippen LogP contribution is 2.24. The molecule has 0 spiro atoms. The molecular formula is C14H21NO. The second-order valence-electron chi connectivity index (χ2n) is 4.54. The van der Waals surface area contributed by atoms with Gasteiger partial charge in [0.2, 0.25) is 0 Å². The molecule has 16 heavy (non-hydrogen) atoms. The van der Waals surface area contributed by atoms with Crippen molar-refractivity contribution in [2.75, 3.05) is 19.7 Å². The van der Waals surface area contributed by atoms with Crippen molar-refractivity contribution in [3.05, 3.63) is 35.4 Å². The van der Waals surface area contributed by atoms with Crippen molar-refractivity contribution in [2.24, 2.45) is 0 Å². The largest absolute Gasteiger partial charge is 0.394 e. The Morgan fingerprint density at radius 3 is 2.31 bits per heavy atom. The van der Waals surface area contributed by atoms with Gasteiger partial charge in [0.05, 0.1) is 12.6 Å². The summed E-state index contributed by atoms with van der Waals surface area (Å²) in [5, 5.41) is 9.52. The maximum Gasteiger partial charge on any atom is 0.0628 e. The quantitative estimate of drug-likeness (QED) is 0.840. The number of hydrogen-bond acceptors (Lipinski definition) is 2. The van der Waals surface area contributed by atoms with Crippen LogP contribution in [0, 0.1) is 0 Å². The number of aryl methyl sites for hydroxylation is 1. The van der Waals surface area contributed by atoms with E-state index in [1.54, 1.807) is 0 Å². The zero-order chi connectivity index (χ0) is 11.4. The predicted octanol–water partition coefficient (Wildman–Crippen LogP) is 2.38. The van der Waals surface area contributed by atoms with Gasteiger partial charge in [-0.2, -0.15) is 0 Å². The monoisotopic (exact) mass is 219 g/mol. The molecular weight excluding hydrogens is 198 g/mol. The summed E-state index contributed by atoms with van der Waals surface area (Å²) in [5.41, 5.74) is 2.61. The number of aliphatic hydroxyl groups is 1. The third-order valence-corrected chi connectivity index (χ3v) is 3.53.